The Balaban J connectivity index is 2.09. The molecule has 22 heavy (non-hydrogen) atoms. The molecule has 0 aromatic heterocycles. The molecule has 0 aliphatic carbocycles. The van der Waals surface area contributed by atoms with Gasteiger partial charge in [-0.15, -0.1) is 0 Å². The number of urea groups is 1. The van der Waals surface area contributed by atoms with Crippen molar-refractivity contribution in [2.75, 3.05) is 19.8 Å². The van der Waals surface area contributed by atoms with Crippen LogP contribution in [0.3, 0.4) is 0 Å². The Morgan fingerprint density at radius 2 is 1.91 bits per heavy atom. The number of unbranched alkanes of at least 4 members (excludes halogenated alkanes) is 1. The van der Waals surface area contributed by atoms with Crippen molar-refractivity contribution in [3.05, 3.63) is 24.3 Å². The van der Waals surface area contributed by atoms with Crippen molar-refractivity contribution in [3.63, 3.8) is 0 Å². The summed E-state index contributed by atoms with van der Waals surface area (Å²) in [5, 5.41) is 14.6. The third-order valence-electron chi connectivity index (χ3n) is 2.88. The molecular formula is C16H26N2O4. The Morgan fingerprint density at radius 3 is 2.59 bits per heavy atom. The van der Waals surface area contributed by atoms with Crippen molar-refractivity contribution in [3.8, 4) is 11.5 Å². The molecule has 0 spiro atoms. The van der Waals surface area contributed by atoms with E-state index in [0.29, 0.717) is 18.9 Å². The molecule has 2 amide bonds. The normalized spacial score (nSPS) is 11.7. The summed E-state index contributed by atoms with van der Waals surface area (Å²) in [5.74, 6) is 0.752. The molecule has 0 aliphatic heterocycles. The van der Waals surface area contributed by atoms with Crippen LogP contribution in [0.4, 0.5) is 4.79 Å². The van der Waals surface area contributed by atoms with E-state index >= 15 is 0 Å². The first kappa shape index (κ1) is 18.1. The number of rotatable bonds is 10. The monoisotopic (exact) mass is 310 g/mol. The molecule has 6 heteroatoms. The van der Waals surface area contributed by atoms with E-state index in [2.05, 4.69) is 17.6 Å². The van der Waals surface area contributed by atoms with Gasteiger partial charge >= 0.3 is 6.03 Å². The van der Waals surface area contributed by atoms with E-state index in [0.717, 1.165) is 25.9 Å². The summed E-state index contributed by atoms with van der Waals surface area (Å²) >= 11 is 0. The number of ether oxygens (including phenoxy) is 2. The average Bonchev–Trinajstić information content (AvgIpc) is 2.48. The molecule has 1 rings (SSSR count). The highest BCUT2D eigenvalue weighted by atomic mass is 16.5. The van der Waals surface area contributed by atoms with E-state index < -0.39 is 6.23 Å². The number of aromatic hydroxyl groups is 1. The molecule has 1 aromatic carbocycles. The predicted octanol–water partition coefficient (Wildman–Crippen LogP) is 2.62. The maximum atomic E-state index is 11.6. The first-order valence-electron chi connectivity index (χ1n) is 7.69. The topological polar surface area (TPSA) is 79.8 Å². The van der Waals surface area contributed by atoms with Crippen molar-refractivity contribution >= 4 is 6.03 Å². The van der Waals surface area contributed by atoms with Crippen LogP contribution in [0, 0.1) is 0 Å². The number of phenolic OH excluding ortho intramolecular Hbond substituents is 1. The van der Waals surface area contributed by atoms with Crippen molar-refractivity contribution in [1.82, 2.24) is 10.6 Å². The zero-order chi connectivity index (χ0) is 16.2. The molecule has 0 heterocycles. The van der Waals surface area contributed by atoms with E-state index in [1.807, 2.05) is 0 Å². The van der Waals surface area contributed by atoms with Gasteiger partial charge < -0.3 is 25.2 Å². The van der Waals surface area contributed by atoms with Gasteiger partial charge in [0.2, 0.25) is 0 Å². The molecule has 0 radical (unpaired) electrons. The number of carbonyl (C=O) groups excluding carboxylic acids is 1. The molecule has 0 aliphatic rings. The van der Waals surface area contributed by atoms with E-state index in [-0.39, 0.29) is 11.8 Å². The molecule has 0 saturated heterocycles. The fourth-order valence-electron chi connectivity index (χ4n) is 1.72. The standard InChI is InChI=1S/C16H26N2O4/c1-3-4-11-21-12-5-10-17-16(20)18-13(2)22-15-8-6-14(19)7-9-15/h6-9,13,19H,3-5,10-12H2,1-2H3,(H2,17,18,20). The van der Waals surface area contributed by atoms with Crippen LogP contribution in [0.25, 0.3) is 0 Å². The highest BCUT2D eigenvalue weighted by Crippen LogP contribution is 2.16. The molecule has 1 aromatic rings. The number of benzene rings is 1. The minimum atomic E-state index is -0.467. The summed E-state index contributed by atoms with van der Waals surface area (Å²) in [5.41, 5.74) is 0. The zero-order valence-corrected chi connectivity index (χ0v) is 13.3. The summed E-state index contributed by atoms with van der Waals surface area (Å²) in [6.07, 6.45) is 2.51. The molecule has 1 atom stereocenters. The number of hydrogen-bond acceptors (Lipinski definition) is 4. The van der Waals surface area contributed by atoms with Gasteiger partial charge in [0.1, 0.15) is 11.5 Å². The SMILES string of the molecule is CCCCOCCCNC(=O)NC(C)Oc1ccc(O)cc1. The Bertz CT molecular complexity index is 423. The first-order chi connectivity index (χ1) is 10.6. The van der Waals surface area contributed by atoms with Crippen LogP contribution in [-0.4, -0.2) is 37.1 Å². The molecule has 1 unspecified atom stereocenters. The molecule has 3 N–H and O–H groups in total. The lowest BCUT2D eigenvalue weighted by Gasteiger charge is -2.16. The lowest BCUT2D eigenvalue weighted by atomic mass is 10.3. The van der Waals surface area contributed by atoms with Crippen LogP contribution in [-0.2, 0) is 4.74 Å². The van der Waals surface area contributed by atoms with E-state index in [1.54, 1.807) is 19.1 Å². The summed E-state index contributed by atoms with van der Waals surface area (Å²) in [6.45, 7) is 5.85. The summed E-state index contributed by atoms with van der Waals surface area (Å²) in [7, 11) is 0. The second-order valence-electron chi connectivity index (χ2n) is 4.97. The average molecular weight is 310 g/mol. The van der Waals surface area contributed by atoms with E-state index in [9.17, 15) is 9.90 Å². The summed E-state index contributed by atoms with van der Waals surface area (Å²) < 4.78 is 10.9. The fraction of sp³-hybridized carbons (Fsp3) is 0.562. The van der Waals surface area contributed by atoms with Gasteiger partial charge in [-0.25, -0.2) is 4.79 Å². The van der Waals surface area contributed by atoms with Gasteiger partial charge in [0.15, 0.2) is 6.23 Å². The van der Waals surface area contributed by atoms with Crippen LogP contribution in [0.2, 0.25) is 0 Å². The lowest BCUT2D eigenvalue weighted by Crippen LogP contribution is -2.43. The maximum absolute atomic E-state index is 11.6. The number of nitrogens with one attached hydrogen (secondary N) is 2. The minimum absolute atomic E-state index is 0.173. The van der Waals surface area contributed by atoms with Crippen LogP contribution in [0.1, 0.15) is 33.1 Å². The van der Waals surface area contributed by atoms with Gasteiger partial charge in [0.25, 0.3) is 0 Å². The third kappa shape index (κ3) is 8.36. The number of amides is 2. The lowest BCUT2D eigenvalue weighted by molar-refractivity contribution is 0.128. The van der Waals surface area contributed by atoms with Crippen LogP contribution in [0.5, 0.6) is 11.5 Å². The van der Waals surface area contributed by atoms with Gasteiger partial charge in [-0.1, -0.05) is 13.3 Å². The molecule has 0 saturated carbocycles. The second-order valence-corrected chi connectivity index (χ2v) is 4.97. The molecule has 0 fully saturated rings. The molecule has 124 valence electrons. The largest absolute Gasteiger partial charge is 0.508 e. The first-order valence-corrected chi connectivity index (χ1v) is 7.69. The highest BCUT2D eigenvalue weighted by molar-refractivity contribution is 5.73. The zero-order valence-electron chi connectivity index (χ0n) is 13.3. The van der Waals surface area contributed by atoms with Crippen LogP contribution in [0.15, 0.2) is 24.3 Å². The van der Waals surface area contributed by atoms with Crippen molar-refractivity contribution in [2.45, 2.75) is 39.3 Å². The van der Waals surface area contributed by atoms with Gasteiger partial charge in [-0.2, -0.15) is 0 Å². The van der Waals surface area contributed by atoms with Crippen LogP contribution < -0.4 is 15.4 Å². The molecule has 6 nitrogen and oxygen atoms in total. The quantitative estimate of drug-likeness (QED) is 0.458. The van der Waals surface area contributed by atoms with E-state index in [4.69, 9.17) is 9.47 Å². The van der Waals surface area contributed by atoms with Crippen molar-refractivity contribution < 1.29 is 19.4 Å². The Kier molecular flexibility index (Phi) is 8.83. The Morgan fingerprint density at radius 1 is 1.23 bits per heavy atom. The van der Waals surface area contributed by atoms with Gasteiger partial charge in [0.05, 0.1) is 0 Å². The van der Waals surface area contributed by atoms with Crippen LogP contribution >= 0.6 is 0 Å². The number of phenols is 1. The predicted molar refractivity (Wildman–Crippen MR) is 85.1 cm³/mol. The van der Waals surface area contributed by atoms with Gasteiger partial charge in [-0.3, -0.25) is 0 Å². The fourth-order valence-corrected chi connectivity index (χ4v) is 1.72. The summed E-state index contributed by atoms with van der Waals surface area (Å²) in [4.78, 5) is 11.6. The highest BCUT2D eigenvalue weighted by Gasteiger charge is 2.07. The second kappa shape index (κ2) is 10.7. The number of hydrogen-bond donors (Lipinski definition) is 3. The smallest absolute Gasteiger partial charge is 0.317 e. The Labute approximate surface area is 131 Å². The molecular weight excluding hydrogens is 284 g/mol. The van der Waals surface area contributed by atoms with E-state index in [1.165, 1.54) is 12.1 Å². The number of carbonyl (C=O) groups is 1. The van der Waals surface area contributed by atoms with Gasteiger partial charge in [0, 0.05) is 19.8 Å². The molecule has 0 bridgehead atoms. The Hall–Kier alpha value is -1.95. The third-order valence-corrected chi connectivity index (χ3v) is 2.88. The van der Waals surface area contributed by atoms with Crippen molar-refractivity contribution in [2.24, 2.45) is 0 Å². The van der Waals surface area contributed by atoms with Crippen molar-refractivity contribution in [1.29, 1.82) is 0 Å². The van der Waals surface area contributed by atoms with Gasteiger partial charge in [-0.05, 0) is 44.0 Å². The maximum Gasteiger partial charge on any atom is 0.317 e. The summed E-state index contributed by atoms with van der Waals surface area (Å²) in [6, 6.07) is 6.05. The minimum Gasteiger partial charge on any atom is -0.508 e.